The molecule has 0 unspecified atom stereocenters. The topological polar surface area (TPSA) is 103 Å². The lowest BCUT2D eigenvalue weighted by molar-refractivity contribution is -0.122. The molecule has 1 aliphatic heterocycles. The fraction of sp³-hybridized carbons (Fsp3) is 0.529. The third kappa shape index (κ3) is 7.15. The Morgan fingerprint density at radius 1 is 1.35 bits per heavy atom. The maximum Gasteiger partial charge on any atom is 0.220 e. The van der Waals surface area contributed by atoms with Crippen molar-refractivity contribution in [3.05, 3.63) is 29.8 Å². The highest BCUT2D eigenvalue weighted by Crippen LogP contribution is 2.13. The molecule has 1 fully saturated rings. The molecule has 5 N–H and O–H groups in total. The van der Waals surface area contributed by atoms with Crippen LogP contribution in [0.25, 0.3) is 0 Å². The van der Waals surface area contributed by atoms with Gasteiger partial charge in [-0.15, -0.1) is 0 Å². The number of hydrogen-bond donors (Lipinski definition) is 3. The molecule has 0 radical (unpaired) electrons. The molecular weight excluding hydrogens is 292 g/mol. The third-order valence-electron chi connectivity index (χ3n) is 3.59. The molecule has 0 aliphatic carbocycles. The van der Waals surface area contributed by atoms with Gasteiger partial charge in [-0.3, -0.25) is 9.79 Å². The second-order valence-corrected chi connectivity index (χ2v) is 5.41. The fourth-order valence-corrected chi connectivity index (χ4v) is 2.20. The Hall–Kier alpha value is -2.08. The Labute approximate surface area is 138 Å². The number of nitrogens with two attached hydrogens (primary N) is 2. The van der Waals surface area contributed by atoms with Crippen molar-refractivity contribution < 1.29 is 9.53 Å². The fourth-order valence-electron chi connectivity index (χ4n) is 2.20. The van der Waals surface area contributed by atoms with Gasteiger partial charge in [-0.05, 0) is 44.5 Å². The number of primary amides is 1. The average molecular weight is 320 g/mol. The Balaban J connectivity index is 0.000000253. The Morgan fingerprint density at radius 3 is 2.57 bits per heavy atom. The van der Waals surface area contributed by atoms with E-state index in [1.807, 2.05) is 24.3 Å². The highest BCUT2D eigenvalue weighted by molar-refractivity contribution is 5.97. The summed E-state index contributed by atoms with van der Waals surface area (Å²) in [4.78, 5) is 14.5. The van der Waals surface area contributed by atoms with Gasteiger partial charge in [0.15, 0.2) is 0 Å². The van der Waals surface area contributed by atoms with E-state index in [1.165, 1.54) is 0 Å². The van der Waals surface area contributed by atoms with E-state index in [2.05, 4.69) is 17.2 Å². The van der Waals surface area contributed by atoms with Crippen LogP contribution in [-0.4, -0.2) is 38.5 Å². The molecule has 1 aliphatic rings. The molecule has 128 valence electrons. The highest BCUT2D eigenvalue weighted by atomic mass is 16.5. The maximum absolute atomic E-state index is 10.5. The summed E-state index contributed by atoms with van der Waals surface area (Å²) in [6, 6.07) is 7.65. The summed E-state index contributed by atoms with van der Waals surface area (Å²) in [5, 5.41) is 3.16. The van der Waals surface area contributed by atoms with Crippen molar-refractivity contribution in [3.63, 3.8) is 0 Å². The number of benzene rings is 1. The zero-order valence-corrected chi connectivity index (χ0v) is 14.0. The molecule has 1 heterocycles. The summed E-state index contributed by atoms with van der Waals surface area (Å²) in [6.45, 7) is 4.68. The number of ether oxygens (including phenoxy) is 1. The standard InChI is InChI=1S/C11H16N2O.C6H12N2O/c1-3-7-14-10-6-4-5-9(8-10)11(12)13-2;7-6(9)5-1-3-8-4-2-5/h4-6,8H,3,7H2,1-2H3,(H2,12,13);5,8H,1-4H2,(H2,7,9). The minimum Gasteiger partial charge on any atom is -0.494 e. The quantitative estimate of drug-likeness (QED) is 0.561. The van der Waals surface area contributed by atoms with E-state index in [0.717, 1.165) is 50.3 Å². The molecule has 0 bridgehead atoms. The van der Waals surface area contributed by atoms with Gasteiger partial charge < -0.3 is 21.5 Å². The molecule has 23 heavy (non-hydrogen) atoms. The van der Waals surface area contributed by atoms with E-state index < -0.39 is 0 Å². The SMILES string of the molecule is CCCOc1cccc(C(N)=NC)c1.NC(=O)C1CCNCC1. The van der Waals surface area contributed by atoms with E-state index in [-0.39, 0.29) is 11.8 Å². The number of amides is 1. The lowest BCUT2D eigenvalue weighted by atomic mass is 9.98. The number of hydrogen-bond acceptors (Lipinski definition) is 4. The van der Waals surface area contributed by atoms with E-state index in [9.17, 15) is 4.79 Å². The lowest BCUT2D eigenvalue weighted by Crippen LogP contribution is -2.34. The number of carbonyl (C=O) groups is 1. The van der Waals surface area contributed by atoms with Gasteiger partial charge in [0.05, 0.1) is 6.61 Å². The second-order valence-electron chi connectivity index (χ2n) is 5.41. The predicted molar refractivity (Wildman–Crippen MR) is 93.7 cm³/mol. The van der Waals surface area contributed by atoms with Crippen LogP contribution in [0.3, 0.4) is 0 Å². The molecular formula is C17H28N4O2. The zero-order chi connectivity index (χ0) is 17.1. The highest BCUT2D eigenvalue weighted by Gasteiger charge is 2.17. The molecule has 1 saturated heterocycles. The summed E-state index contributed by atoms with van der Waals surface area (Å²) < 4.78 is 5.48. The first-order valence-electron chi connectivity index (χ1n) is 8.04. The Kier molecular flexibility index (Phi) is 8.75. The molecule has 1 aromatic carbocycles. The first-order valence-corrected chi connectivity index (χ1v) is 8.04. The summed E-state index contributed by atoms with van der Waals surface area (Å²) in [6.07, 6.45) is 2.83. The molecule has 0 spiro atoms. The number of nitrogens with one attached hydrogen (secondary N) is 1. The van der Waals surface area contributed by atoms with E-state index in [4.69, 9.17) is 16.2 Å². The first-order chi connectivity index (χ1) is 11.1. The number of piperidine rings is 1. The van der Waals surface area contributed by atoms with Crippen LogP contribution in [-0.2, 0) is 4.79 Å². The van der Waals surface area contributed by atoms with Gasteiger partial charge >= 0.3 is 0 Å². The van der Waals surface area contributed by atoms with Crippen LogP contribution >= 0.6 is 0 Å². The van der Waals surface area contributed by atoms with Gasteiger partial charge in [0.2, 0.25) is 5.91 Å². The number of rotatable bonds is 5. The summed E-state index contributed by atoms with van der Waals surface area (Å²) in [7, 11) is 1.68. The van der Waals surface area contributed by atoms with Crippen molar-refractivity contribution in [1.29, 1.82) is 0 Å². The molecule has 0 aromatic heterocycles. The van der Waals surface area contributed by atoms with Gasteiger partial charge in [-0.1, -0.05) is 19.1 Å². The number of carbonyl (C=O) groups excluding carboxylic acids is 1. The van der Waals surface area contributed by atoms with Crippen LogP contribution in [0.4, 0.5) is 0 Å². The number of amidine groups is 1. The van der Waals surface area contributed by atoms with E-state index >= 15 is 0 Å². The van der Waals surface area contributed by atoms with E-state index in [0.29, 0.717) is 5.84 Å². The van der Waals surface area contributed by atoms with Crippen molar-refractivity contribution in [2.75, 3.05) is 26.7 Å². The van der Waals surface area contributed by atoms with Crippen molar-refractivity contribution in [1.82, 2.24) is 5.32 Å². The Morgan fingerprint density at radius 2 is 2.04 bits per heavy atom. The average Bonchev–Trinajstić information content (AvgIpc) is 2.60. The van der Waals surface area contributed by atoms with E-state index in [1.54, 1.807) is 7.05 Å². The second kappa shape index (κ2) is 10.6. The van der Waals surface area contributed by atoms with Crippen LogP contribution in [0.15, 0.2) is 29.3 Å². The van der Waals surface area contributed by atoms with Crippen LogP contribution in [0.1, 0.15) is 31.7 Å². The first kappa shape index (κ1) is 19.0. The van der Waals surface area contributed by atoms with Gasteiger partial charge in [-0.25, -0.2) is 0 Å². The molecule has 6 nitrogen and oxygen atoms in total. The molecule has 1 aromatic rings. The molecule has 2 rings (SSSR count). The lowest BCUT2D eigenvalue weighted by Gasteiger charge is -2.18. The van der Waals surface area contributed by atoms with Gasteiger partial charge in [0.1, 0.15) is 11.6 Å². The molecule has 0 saturated carbocycles. The summed E-state index contributed by atoms with van der Waals surface area (Å²) in [5.74, 6) is 1.37. The number of nitrogens with zero attached hydrogens (tertiary/aromatic N) is 1. The van der Waals surface area contributed by atoms with Crippen molar-refractivity contribution >= 4 is 11.7 Å². The largest absolute Gasteiger partial charge is 0.494 e. The molecule has 1 amide bonds. The van der Waals surface area contributed by atoms with Crippen LogP contribution in [0, 0.1) is 5.92 Å². The smallest absolute Gasteiger partial charge is 0.220 e. The summed E-state index contributed by atoms with van der Waals surface area (Å²) >= 11 is 0. The van der Waals surface area contributed by atoms with Crippen molar-refractivity contribution in [2.24, 2.45) is 22.4 Å². The van der Waals surface area contributed by atoms with Crippen LogP contribution in [0.5, 0.6) is 5.75 Å². The molecule has 0 atom stereocenters. The molecule has 6 heteroatoms. The predicted octanol–water partition coefficient (Wildman–Crippen LogP) is 1.28. The minimum absolute atomic E-state index is 0.131. The monoisotopic (exact) mass is 320 g/mol. The minimum atomic E-state index is -0.142. The zero-order valence-electron chi connectivity index (χ0n) is 14.0. The Bertz CT molecular complexity index is 511. The maximum atomic E-state index is 10.5. The van der Waals surface area contributed by atoms with Crippen molar-refractivity contribution in [3.8, 4) is 5.75 Å². The normalized spacial score (nSPS) is 15.5. The van der Waals surface area contributed by atoms with Gasteiger partial charge in [-0.2, -0.15) is 0 Å². The third-order valence-corrected chi connectivity index (χ3v) is 3.59. The van der Waals surface area contributed by atoms with Crippen LogP contribution < -0.4 is 21.5 Å². The van der Waals surface area contributed by atoms with Gasteiger partial charge in [0, 0.05) is 18.5 Å². The van der Waals surface area contributed by atoms with Crippen molar-refractivity contribution in [2.45, 2.75) is 26.2 Å². The van der Waals surface area contributed by atoms with Gasteiger partial charge in [0.25, 0.3) is 0 Å². The van der Waals surface area contributed by atoms with Crippen LogP contribution in [0.2, 0.25) is 0 Å². The summed E-state index contributed by atoms with van der Waals surface area (Å²) in [5.41, 5.74) is 11.7. The number of aliphatic imine (C=N–C) groups is 1.